The molecule has 0 amide bonds. The van der Waals surface area contributed by atoms with E-state index in [-0.39, 0.29) is 11.0 Å². The number of hydrogen-bond donors (Lipinski definition) is 0. The molecule has 26 heavy (non-hydrogen) atoms. The minimum Gasteiger partial charge on any atom is -0.266 e. The van der Waals surface area contributed by atoms with Gasteiger partial charge in [0, 0.05) is 5.56 Å². The summed E-state index contributed by atoms with van der Waals surface area (Å²) < 4.78 is 2.03. The summed E-state index contributed by atoms with van der Waals surface area (Å²) in [6.45, 7) is 6.55. The van der Waals surface area contributed by atoms with Gasteiger partial charge in [0.25, 0.3) is 5.56 Å². The highest BCUT2D eigenvalue weighted by atomic mass is 32.1. The second-order valence-electron chi connectivity index (χ2n) is 7.28. The van der Waals surface area contributed by atoms with Gasteiger partial charge in [0.05, 0.1) is 4.53 Å². The predicted molar refractivity (Wildman–Crippen MR) is 106 cm³/mol. The van der Waals surface area contributed by atoms with Crippen LogP contribution >= 0.6 is 11.3 Å². The number of nitrogens with zero attached hydrogens (tertiary/aromatic N) is 3. The molecule has 5 heteroatoms. The number of thiazole rings is 1. The molecule has 4 nitrogen and oxygen atoms in total. The molecule has 0 bridgehead atoms. The maximum Gasteiger partial charge on any atom is 0.291 e. The number of aromatic nitrogens is 3. The first-order valence-electron chi connectivity index (χ1n) is 8.49. The molecule has 0 radical (unpaired) electrons. The molecule has 0 N–H and O–H groups in total. The van der Waals surface area contributed by atoms with Gasteiger partial charge in [-0.3, -0.25) is 4.79 Å². The first kappa shape index (κ1) is 16.7. The lowest BCUT2D eigenvalue weighted by Crippen LogP contribution is -2.23. The molecule has 0 aliphatic rings. The van der Waals surface area contributed by atoms with E-state index in [0.29, 0.717) is 15.3 Å². The average Bonchev–Trinajstić information content (AvgIpc) is 3.15. The maximum atomic E-state index is 12.6. The number of hydrogen-bond acceptors (Lipinski definition) is 4. The van der Waals surface area contributed by atoms with Crippen molar-refractivity contribution in [2.24, 2.45) is 0 Å². The van der Waals surface area contributed by atoms with Gasteiger partial charge in [-0.25, -0.2) is 0 Å². The lowest BCUT2D eigenvalue weighted by molar-refractivity contribution is 0.590. The molecular weight excluding hydrogens is 342 g/mol. The van der Waals surface area contributed by atoms with Crippen molar-refractivity contribution in [2.45, 2.75) is 26.2 Å². The van der Waals surface area contributed by atoms with Crippen molar-refractivity contribution in [1.82, 2.24) is 14.6 Å². The molecule has 4 aromatic rings. The summed E-state index contributed by atoms with van der Waals surface area (Å²) in [4.78, 5) is 17.8. The topological polar surface area (TPSA) is 47.3 Å². The van der Waals surface area contributed by atoms with E-state index in [1.807, 2.05) is 48.5 Å². The third-order valence-electron chi connectivity index (χ3n) is 4.29. The summed E-state index contributed by atoms with van der Waals surface area (Å²) in [6.07, 6.45) is 1.88. The van der Waals surface area contributed by atoms with Crippen molar-refractivity contribution in [2.75, 3.05) is 0 Å². The van der Waals surface area contributed by atoms with Gasteiger partial charge in [0.15, 0.2) is 5.82 Å². The van der Waals surface area contributed by atoms with Crippen LogP contribution in [0, 0.1) is 0 Å². The summed E-state index contributed by atoms with van der Waals surface area (Å²) in [6, 6.07) is 18.0. The molecule has 0 aliphatic heterocycles. The quantitative estimate of drug-likeness (QED) is 0.547. The molecule has 2 aromatic carbocycles. The highest BCUT2D eigenvalue weighted by Gasteiger charge is 2.15. The van der Waals surface area contributed by atoms with Gasteiger partial charge in [0.2, 0.25) is 4.96 Å². The Morgan fingerprint density at radius 2 is 1.69 bits per heavy atom. The third-order valence-corrected chi connectivity index (χ3v) is 5.25. The monoisotopic (exact) mass is 361 g/mol. The lowest BCUT2D eigenvalue weighted by atomic mass is 9.87. The maximum absolute atomic E-state index is 12.6. The highest BCUT2D eigenvalue weighted by Crippen LogP contribution is 2.25. The normalized spacial score (nSPS) is 12.8. The van der Waals surface area contributed by atoms with Crippen LogP contribution in [-0.2, 0) is 5.41 Å². The largest absolute Gasteiger partial charge is 0.291 e. The van der Waals surface area contributed by atoms with Crippen molar-refractivity contribution in [3.8, 4) is 11.4 Å². The molecule has 0 atom stereocenters. The van der Waals surface area contributed by atoms with Gasteiger partial charge in [0.1, 0.15) is 0 Å². The SMILES string of the molecule is CC(C)(C)c1ccc(-c2nc3s/c(=C\c4ccccc4)c(=O)n3n2)cc1. The van der Waals surface area contributed by atoms with E-state index in [4.69, 9.17) is 0 Å². The van der Waals surface area contributed by atoms with Gasteiger partial charge in [-0.1, -0.05) is 86.7 Å². The molecule has 4 rings (SSSR count). The van der Waals surface area contributed by atoms with E-state index in [1.54, 1.807) is 0 Å². The van der Waals surface area contributed by atoms with Crippen LogP contribution in [0.25, 0.3) is 22.4 Å². The Morgan fingerprint density at radius 3 is 2.31 bits per heavy atom. The summed E-state index contributed by atoms with van der Waals surface area (Å²) in [7, 11) is 0. The van der Waals surface area contributed by atoms with E-state index in [9.17, 15) is 4.79 Å². The Labute approximate surface area is 155 Å². The van der Waals surface area contributed by atoms with Crippen molar-refractivity contribution in [3.63, 3.8) is 0 Å². The fraction of sp³-hybridized carbons (Fsp3) is 0.190. The number of fused-ring (bicyclic) bond motifs is 1. The van der Waals surface area contributed by atoms with Gasteiger partial charge >= 0.3 is 0 Å². The molecule has 130 valence electrons. The van der Waals surface area contributed by atoms with Crippen LogP contribution in [0.4, 0.5) is 0 Å². The van der Waals surface area contributed by atoms with Gasteiger partial charge in [-0.2, -0.15) is 9.50 Å². The van der Waals surface area contributed by atoms with Crippen LogP contribution < -0.4 is 10.1 Å². The first-order chi connectivity index (χ1) is 12.4. The van der Waals surface area contributed by atoms with Crippen molar-refractivity contribution >= 4 is 22.4 Å². The summed E-state index contributed by atoms with van der Waals surface area (Å²) in [5, 5.41) is 4.42. The van der Waals surface area contributed by atoms with E-state index in [1.165, 1.54) is 21.4 Å². The molecule has 2 heterocycles. The van der Waals surface area contributed by atoms with Crippen molar-refractivity contribution in [1.29, 1.82) is 0 Å². The molecular formula is C21H19N3OS. The van der Waals surface area contributed by atoms with Gasteiger partial charge in [-0.05, 0) is 22.6 Å². The molecule has 0 fully saturated rings. The zero-order valence-electron chi connectivity index (χ0n) is 14.9. The van der Waals surface area contributed by atoms with Crippen LogP contribution in [0.2, 0.25) is 0 Å². The second kappa shape index (κ2) is 6.18. The van der Waals surface area contributed by atoms with Crippen LogP contribution in [0.1, 0.15) is 31.9 Å². The standard InChI is InChI=1S/C21H19N3OS/c1-21(2,3)16-11-9-15(10-12-16)18-22-20-24(23-18)19(25)17(26-20)13-14-7-5-4-6-8-14/h4-13H,1-3H3/b17-13-. The van der Waals surface area contributed by atoms with Gasteiger partial charge in [-0.15, -0.1) is 5.10 Å². The Kier molecular flexibility index (Phi) is 3.96. The fourth-order valence-electron chi connectivity index (χ4n) is 2.78. The van der Waals surface area contributed by atoms with Crippen LogP contribution in [0.5, 0.6) is 0 Å². The second-order valence-corrected chi connectivity index (χ2v) is 8.29. The minimum absolute atomic E-state index is 0.102. The zero-order valence-corrected chi connectivity index (χ0v) is 15.7. The highest BCUT2D eigenvalue weighted by molar-refractivity contribution is 7.15. The van der Waals surface area contributed by atoms with E-state index in [2.05, 4.69) is 43.0 Å². The molecule has 0 aliphatic carbocycles. The smallest absolute Gasteiger partial charge is 0.266 e. The number of benzene rings is 2. The van der Waals surface area contributed by atoms with Crippen LogP contribution in [-0.4, -0.2) is 14.6 Å². The Balaban J connectivity index is 1.74. The van der Waals surface area contributed by atoms with E-state index >= 15 is 0 Å². The fourth-order valence-corrected chi connectivity index (χ4v) is 3.68. The van der Waals surface area contributed by atoms with Crippen molar-refractivity contribution < 1.29 is 0 Å². The lowest BCUT2D eigenvalue weighted by Gasteiger charge is -2.18. The van der Waals surface area contributed by atoms with Gasteiger partial charge < -0.3 is 0 Å². The minimum atomic E-state index is -0.126. The summed E-state index contributed by atoms with van der Waals surface area (Å²) in [5.41, 5.74) is 3.14. The third kappa shape index (κ3) is 3.06. The van der Waals surface area contributed by atoms with Crippen LogP contribution in [0.15, 0.2) is 59.4 Å². The number of rotatable bonds is 2. The predicted octanol–water partition coefficient (Wildman–Crippen LogP) is 3.66. The summed E-state index contributed by atoms with van der Waals surface area (Å²) in [5.74, 6) is 0.583. The zero-order chi connectivity index (χ0) is 18.3. The molecule has 0 saturated carbocycles. The first-order valence-corrected chi connectivity index (χ1v) is 9.31. The van der Waals surface area contributed by atoms with Crippen molar-refractivity contribution in [3.05, 3.63) is 80.6 Å². The van der Waals surface area contributed by atoms with E-state index in [0.717, 1.165) is 11.1 Å². The van der Waals surface area contributed by atoms with E-state index < -0.39 is 0 Å². The summed E-state index contributed by atoms with van der Waals surface area (Å²) >= 11 is 1.36. The Morgan fingerprint density at radius 1 is 1.00 bits per heavy atom. The Bertz CT molecular complexity index is 1170. The molecule has 2 aromatic heterocycles. The molecule has 0 spiro atoms. The van der Waals surface area contributed by atoms with Crippen LogP contribution in [0.3, 0.4) is 0 Å². The molecule has 0 saturated heterocycles. The molecule has 0 unspecified atom stereocenters. The average molecular weight is 361 g/mol. The Hall–Kier alpha value is -2.79.